The van der Waals surface area contributed by atoms with Gasteiger partial charge in [0, 0.05) is 6.42 Å². The standard InChI is InChI=1S/C8H15NO3/c1-7(9-11)5-3-4-6-8(10)12-2/h11H,3-6H2,1-2H3. The summed E-state index contributed by atoms with van der Waals surface area (Å²) in [5, 5.41) is 11.3. The molecule has 0 amide bonds. The quantitative estimate of drug-likeness (QED) is 0.226. The minimum absolute atomic E-state index is 0.186. The smallest absolute Gasteiger partial charge is 0.305 e. The highest BCUT2D eigenvalue weighted by Crippen LogP contribution is 2.01. The fourth-order valence-corrected chi connectivity index (χ4v) is 0.802. The molecule has 70 valence electrons. The first-order chi connectivity index (χ1) is 5.70. The van der Waals surface area contributed by atoms with E-state index in [0.717, 1.165) is 19.3 Å². The summed E-state index contributed by atoms with van der Waals surface area (Å²) < 4.78 is 4.47. The Hall–Kier alpha value is -1.06. The predicted octanol–water partition coefficient (Wildman–Crippen LogP) is 1.57. The second kappa shape index (κ2) is 6.64. The predicted molar refractivity (Wildman–Crippen MR) is 45.4 cm³/mol. The summed E-state index contributed by atoms with van der Waals surface area (Å²) in [6.45, 7) is 1.75. The van der Waals surface area contributed by atoms with Crippen molar-refractivity contribution in [3.63, 3.8) is 0 Å². The van der Waals surface area contributed by atoms with Gasteiger partial charge >= 0.3 is 5.97 Å². The zero-order valence-corrected chi connectivity index (χ0v) is 7.54. The van der Waals surface area contributed by atoms with Crippen LogP contribution in [0.15, 0.2) is 5.16 Å². The Bertz CT molecular complexity index is 166. The molecule has 0 aromatic rings. The molecule has 0 rings (SSSR count). The normalized spacial score (nSPS) is 11.3. The van der Waals surface area contributed by atoms with E-state index in [1.807, 2.05) is 0 Å². The average Bonchev–Trinajstić information content (AvgIpc) is 2.11. The summed E-state index contributed by atoms with van der Waals surface area (Å²) in [6.07, 6.45) is 2.80. The molecule has 0 aliphatic carbocycles. The maximum Gasteiger partial charge on any atom is 0.305 e. The van der Waals surface area contributed by atoms with Crippen molar-refractivity contribution in [1.82, 2.24) is 0 Å². The molecule has 1 N–H and O–H groups in total. The van der Waals surface area contributed by atoms with E-state index in [1.54, 1.807) is 6.92 Å². The van der Waals surface area contributed by atoms with Crippen LogP contribution in [0.5, 0.6) is 0 Å². The van der Waals surface area contributed by atoms with Gasteiger partial charge in [0.25, 0.3) is 0 Å². The van der Waals surface area contributed by atoms with E-state index < -0.39 is 0 Å². The molecular weight excluding hydrogens is 158 g/mol. The molecule has 0 aromatic carbocycles. The number of ether oxygens (including phenoxy) is 1. The molecule has 0 unspecified atom stereocenters. The topological polar surface area (TPSA) is 58.9 Å². The number of oxime groups is 1. The Kier molecular flexibility index (Phi) is 6.05. The van der Waals surface area contributed by atoms with E-state index >= 15 is 0 Å². The maximum absolute atomic E-state index is 10.6. The summed E-state index contributed by atoms with van der Waals surface area (Å²) in [5.41, 5.74) is 0.694. The number of unbranched alkanes of at least 4 members (excludes halogenated alkanes) is 1. The zero-order valence-electron chi connectivity index (χ0n) is 7.54. The van der Waals surface area contributed by atoms with Gasteiger partial charge < -0.3 is 9.94 Å². The molecule has 4 heteroatoms. The molecule has 0 atom stereocenters. The fraction of sp³-hybridized carbons (Fsp3) is 0.750. The fourth-order valence-electron chi connectivity index (χ4n) is 0.802. The third-order valence-electron chi connectivity index (χ3n) is 1.57. The van der Waals surface area contributed by atoms with Crippen LogP contribution < -0.4 is 0 Å². The highest BCUT2D eigenvalue weighted by Gasteiger charge is 1.99. The molecule has 12 heavy (non-hydrogen) atoms. The molecule has 0 fully saturated rings. The third-order valence-corrected chi connectivity index (χ3v) is 1.57. The summed E-state index contributed by atoms with van der Waals surface area (Å²) in [7, 11) is 1.38. The Morgan fingerprint density at radius 2 is 2.00 bits per heavy atom. The SMILES string of the molecule is COC(=O)CCCCC(C)=NO. The lowest BCUT2D eigenvalue weighted by Crippen LogP contribution is -2.00. The largest absolute Gasteiger partial charge is 0.469 e. The van der Waals surface area contributed by atoms with E-state index in [9.17, 15) is 4.79 Å². The molecular formula is C8H15NO3. The van der Waals surface area contributed by atoms with Crippen molar-refractivity contribution < 1.29 is 14.7 Å². The molecule has 0 spiro atoms. The number of nitrogens with zero attached hydrogens (tertiary/aromatic N) is 1. The molecule has 0 aromatic heterocycles. The van der Waals surface area contributed by atoms with Gasteiger partial charge in [0.05, 0.1) is 12.8 Å². The van der Waals surface area contributed by atoms with Crippen LogP contribution >= 0.6 is 0 Å². The molecule has 0 saturated heterocycles. The van der Waals surface area contributed by atoms with Gasteiger partial charge in [-0.1, -0.05) is 5.16 Å². The van der Waals surface area contributed by atoms with Crippen molar-refractivity contribution in [3.8, 4) is 0 Å². The lowest BCUT2D eigenvalue weighted by molar-refractivity contribution is -0.140. The third kappa shape index (κ3) is 5.70. The van der Waals surface area contributed by atoms with Gasteiger partial charge in [0.1, 0.15) is 0 Å². The van der Waals surface area contributed by atoms with E-state index in [0.29, 0.717) is 12.1 Å². The Morgan fingerprint density at radius 1 is 1.42 bits per heavy atom. The van der Waals surface area contributed by atoms with Gasteiger partial charge in [-0.3, -0.25) is 4.79 Å². The van der Waals surface area contributed by atoms with Gasteiger partial charge in [-0.15, -0.1) is 0 Å². The van der Waals surface area contributed by atoms with Gasteiger partial charge in [0.2, 0.25) is 0 Å². The van der Waals surface area contributed by atoms with Crippen molar-refractivity contribution in [2.45, 2.75) is 32.6 Å². The number of carbonyl (C=O) groups is 1. The summed E-state index contributed by atoms with van der Waals surface area (Å²) in [5.74, 6) is -0.186. The minimum Gasteiger partial charge on any atom is -0.469 e. The van der Waals surface area contributed by atoms with E-state index in [4.69, 9.17) is 5.21 Å². The number of hydrogen-bond acceptors (Lipinski definition) is 4. The molecule has 4 nitrogen and oxygen atoms in total. The van der Waals surface area contributed by atoms with Gasteiger partial charge in [0.15, 0.2) is 0 Å². The van der Waals surface area contributed by atoms with E-state index in [-0.39, 0.29) is 5.97 Å². The van der Waals surface area contributed by atoms with Crippen LogP contribution in [-0.4, -0.2) is 24.0 Å². The summed E-state index contributed by atoms with van der Waals surface area (Å²) in [4.78, 5) is 10.6. The van der Waals surface area contributed by atoms with Crippen molar-refractivity contribution in [3.05, 3.63) is 0 Å². The highest BCUT2D eigenvalue weighted by atomic mass is 16.5. The second-order valence-corrected chi connectivity index (χ2v) is 2.62. The molecule has 0 radical (unpaired) electrons. The van der Waals surface area contributed by atoms with Crippen LogP contribution in [0, 0.1) is 0 Å². The summed E-state index contributed by atoms with van der Waals surface area (Å²) in [6, 6.07) is 0. The van der Waals surface area contributed by atoms with Gasteiger partial charge in [-0.05, 0) is 26.2 Å². The number of methoxy groups -OCH3 is 1. The Morgan fingerprint density at radius 3 is 2.50 bits per heavy atom. The summed E-state index contributed by atoms with van der Waals surface area (Å²) >= 11 is 0. The lowest BCUT2D eigenvalue weighted by atomic mass is 10.1. The van der Waals surface area contributed by atoms with E-state index in [2.05, 4.69) is 9.89 Å². The molecule has 0 bridgehead atoms. The van der Waals surface area contributed by atoms with Crippen LogP contribution in [-0.2, 0) is 9.53 Å². The Balaban J connectivity index is 3.27. The van der Waals surface area contributed by atoms with Crippen molar-refractivity contribution in [1.29, 1.82) is 0 Å². The molecule has 0 aliphatic rings. The lowest BCUT2D eigenvalue weighted by Gasteiger charge is -1.98. The first-order valence-electron chi connectivity index (χ1n) is 3.95. The Labute approximate surface area is 72.2 Å². The van der Waals surface area contributed by atoms with Crippen LogP contribution in [0.2, 0.25) is 0 Å². The number of carbonyl (C=O) groups excluding carboxylic acids is 1. The number of rotatable bonds is 5. The van der Waals surface area contributed by atoms with Crippen LogP contribution in [0.25, 0.3) is 0 Å². The highest BCUT2D eigenvalue weighted by molar-refractivity contribution is 5.81. The average molecular weight is 173 g/mol. The monoisotopic (exact) mass is 173 g/mol. The molecule has 0 aliphatic heterocycles. The van der Waals surface area contributed by atoms with Crippen molar-refractivity contribution in [2.75, 3.05) is 7.11 Å². The van der Waals surface area contributed by atoms with Gasteiger partial charge in [-0.25, -0.2) is 0 Å². The van der Waals surface area contributed by atoms with Crippen LogP contribution in [0.3, 0.4) is 0 Å². The van der Waals surface area contributed by atoms with Crippen LogP contribution in [0.4, 0.5) is 0 Å². The second-order valence-electron chi connectivity index (χ2n) is 2.62. The van der Waals surface area contributed by atoms with Crippen LogP contribution in [0.1, 0.15) is 32.6 Å². The first-order valence-corrected chi connectivity index (χ1v) is 3.95. The maximum atomic E-state index is 10.6. The van der Waals surface area contributed by atoms with Crippen molar-refractivity contribution >= 4 is 11.7 Å². The number of esters is 1. The molecule has 0 saturated carbocycles. The minimum atomic E-state index is -0.186. The van der Waals surface area contributed by atoms with E-state index in [1.165, 1.54) is 7.11 Å². The first kappa shape index (κ1) is 10.9. The van der Waals surface area contributed by atoms with Gasteiger partial charge in [-0.2, -0.15) is 0 Å². The number of hydrogen-bond donors (Lipinski definition) is 1. The van der Waals surface area contributed by atoms with Crippen molar-refractivity contribution in [2.24, 2.45) is 5.16 Å². The molecule has 0 heterocycles. The zero-order chi connectivity index (χ0) is 9.40.